The summed E-state index contributed by atoms with van der Waals surface area (Å²) in [6.07, 6.45) is 18.6. The number of hydrogen-bond acceptors (Lipinski definition) is 28. The lowest BCUT2D eigenvalue weighted by molar-refractivity contribution is 0.0980. The zero-order valence-corrected chi connectivity index (χ0v) is 75.5. The number of rotatable bonds is 31. The highest BCUT2D eigenvalue weighted by atomic mass is 16.5. The fourth-order valence-electron chi connectivity index (χ4n) is 13.1. The molecule has 130 heavy (non-hydrogen) atoms. The summed E-state index contributed by atoms with van der Waals surface area (Å²) in [5.41, 5.74) is 8.56. The molecule has 0 radical (unpaired) electrons. The van der Waals surface area contributed by atoms with Gasteiger partial charge in [0.2, 0.25) is 0 Å². The van der Waals surface area contributed by atoms with E-state index in [-0.39, 0.29) is 59.4 Å². The number of pyridine rings is 4. The number of aromatic nitrogens is 16. The molecule has 8 heterocycles. The molecule has 8 aromatic heterocycles. The molecule has 12 N–H and O–H groups in total. The highest BCUT2D eigenvalue weighted by Crippen LogP contribution is 2.43. The van der Waals surface area contributed by atoms with Crippen LogP contribution in [0.15, 0.2) is 147 Å². The number of amides is 8. The second kappa shape index (κ2) is 43.9. The van der Waals surface area contributed by atoms with E-state index in [1.54, 1.807) is 153 Å². The lowest BCUT2D eigenvalue weighted by atomic mass is 9.93. The van der Waals surface area contributed by atoms with Crippen molar-refractivity contribution in [1.29, 1.82) is 0 Å². The van der Waals surface area contributed by atoms with Gasteiger partial charge in [-0.1, -0.05) is 52.0 Å². The van der Waals surface area contributed by atoms with Crippen molar-refractivity contribution in [2.45, 2.75) is 144 Å². The molecule has 0 saturated heterocycles. The molecule has 2 saturated carbocycles. The van der Waals surface area contributed by atoms with Crippen LogP contribution in [0, 0.1) is 0 Å². The summed E-state index contributed by atoms with van der Waals surface area (Å²) in [5, 5.41) is 52.7. The molecule has 2 aliphatic rings. The molecule has 8 amide bonds. The first kappa shape index (κ1) is 94.9. The fraction of sp³-hybridized carbons (Fsp3) is 0.333. The summed E-state index contributed by atoms with van der Waals surface area (Å²) in [4.78, 5) is 133. The number of hydrogen-bond donors (Lipinski definition) is 12. The molecule has 4 aromatic carbocycles. The molecule has 680 valence electrons. The fourth-order valence-corrected chi connectivity index (χ4v) is 13.1. The predicted molar refractivity (Wildman–Crippen MR) is 495 cm³/mol. The van der Waals surface area contributed by atoms with Gasteiger partial charge in [-0.2, -0.15) is 20.4 Å². The van der Waals surface area contributed by atoms with Crippen LogP contribution in [0.5, 0.6) is 23.0 Å². The Morgan fingerprint density at radius 3 is 0.846 bits per heavy atom. The van der Waals surface area contributed by atoms with Gasteiger partial charge in [0.1, 0.15) is 48.6 Å². The average molecular weight is 1770 g/mol. The average Bonchev–Trinajstić information content (AvgIpc) is 1.30. The number of ketones is 4. The number of para-hydroxylation sites is 4. The van der Waals surface area contributed by atoms with Gasteiger partial charge in [0, 0.05) is 127 Å². The van der Waals surface area contributed by atoms with Gasteiger partial charge in [-0.25, -0.2) is 59.0 Å². The van der Waals surface area contributed by atoms with Crippen LogP contribution >= 0.6 is 0 Å². The molecule has 2 fully saturated rings. The maximum atomic E-state index is 12.6. The smallest absolute Gasteiger partial charge is 0.320 e. The number of nitrogens with zero attached hydrogens (tertiary/aromatic N) is 16. The van der Waals surface area contributed by atoms with E-state index in [1.165, 1.54) is 24.8 Å². The van der Waals surface area contributed by atoms with Crippen LogP contribution < -0.4 is 82.7 Å². The van der Waals surface area contributed by atoms with E-state index >= 15 is 0 Å². The molecule has 12 aromatic rings. The first-order chi connectivity index (χ1) is 62.4. The van der Waals surface area contributed by atoms with Crippen LogP contribution in [-0.2, 0) is 28.2 Å². The number of benzene rings is 4. The van der Waals surface area contributed by atoms with E-state index in [0.717, 1.165) is 32.1 Å². The number of urea groups is 4. The molecular formula is C90H108N28O12. The largest absolute Gasteiger partial charge is 0.494 e. The van der Waals surface area contributed by atoms with Crippen molar-refractivity contribution < 1.29 is 57.3 Å². The second-order valence-corrected chi connectivity index (χ2v) is 31.3. The lowest BCUT2D eigenvalue weighted by Crippen LogP contribution is -2.43. The van der Waals surface area contributed by atoms with Crippen LogP contribution in [-0.4, -0.2) is 178 Å². The molecule has 40 heteroatoms. The van der Waals surface area contributed by atoms with Crippen molar-refractivity contribution in [1.82, 2.24) is 100 Å². The van der Waals surface area contributed by atoms with Crippen LogP contribution in [0.2, 0.25) is 0 Å². The van der Waals surface area contributed by atoms with Crippen molar-refractivity contribution in [3.63, 3.8) is 0 Å². The number of Topliss-reactive ketones (excluding diaryl/α,β-unsaturated/α-hetero) is 4. The van der Waals surface area contributed by atoms with E-state index in [4.69, 9.17) is 18.9 Å². The Morgan fingerprint density at radius 2 is 0.631 bits per heavy atom. The quantitative estimate of drug-likeness (QED) is 0.0180. The summed E-state index contributed by atoms with van der Waals surface area (Å²) in [7, 11) is 13.4. The van der Waals surface area contributed by atoms with E-state index in [9.17, 15) is 38.4 Å². The van der Waals surface area contributed by atoms with Crippen molar-refractivity contribution in [3.05, 3.63) is 169 Å². The monoisotopic (exact) mass is 1770 g/mol. The number of carbonyl (C=O) groups excluding carboxylic acids is 8. The first-order valence-corrected chi connectivity index (χ1v) is 42.0. The zero-order valence-electron chi connectivity index (χ0n) is 75.5. The SMILES string of the molecule is CCC(=O)c1cnc(NC(=O)NC(C)(C)C)cc1Nc1cccc(-c2ncn(C)n2)c1OC.CCC(=O)c1cnc(NC(=O)NC(C)C)cc1Nc1cccc(-c2ncn(C)n2)c1OC.CCC(=O)c1cnc(NC(=O)NC2CC2)cc1Nc1cccc(-c2ncn(C)n2)c1OC.CCC(=O)c1cnc(NC(=O)NC2CCC2)cc1Nc1cccc(-c2ncn(C)n2)c1OC. The molecule has 2 aliphatic carbocycles. The van der Waals surface area contributed by atoms with Gasteiger partial charge in [-0.05, 0) is 115 Å². The van der Waals surface area contributed by atoms with Crippen LogP contribution in [0.4, 0.5) is 87.9 Å². The molecule has 0 atom stereocenters. The van der Waals surface area contributed by atoms with Gasteiger partial charge >= 0.3 is 24.1 Å². The minimum atomic E-state index is -0.406. The molecule has 0 unspecified atom stereocenters. The van der Waals surface area contributed by atoms with Crippen LogP contribution in [0.3, 0.4) is 0 Å². The number of aryl methyl sites for hydroxylation is 4. The molecule has 0 bridgehead atoms. The summed E-state index contributed by atoms with van der Waals surface area (Å²) in [5.74, 6) is 5.14. The Balaban J connectivity index is 0.000000168. The van der Waals surface area contributed by atoms with Crippen molar-refractivity contribution in [2.75, 3.05) is 71.0 Å². The number of methoxy groups -OCH3 is 4. The molecule has 0 aliphatic heterocycles. The van der Waals surface area contributed by atoms with Gasteiger partial charge < -0.3 is 61.5 Å². The van der Waals surface area contributed by atoms with E-state index < -0.39 is 11.6 Å². The Bertz CT molecular complexity index is 5890. The van der Waals surface area contributed by atoms with Gasteiger partial charge in [0.25, 0.3) is 0 Å². The van der Waals surface area contributed by atoms with Gasteiger partial charge in [0.15, 0.2) is 69.4 Å². The van der Waals surface area contributed by atoms with Gasteiger partial charge in [-0.15, -0.1) is 0 Å². The van der Waals surface area contributed by atoms with Crippen LogP contribution in [0.25, 0.3) is 45.6 Å². The zero-order chi connectivity index (χ0) is 93.5. The van der Waals surface area contributed by atoms with Gasteiger partial charge in [-0.3, -0.25) is 59.2 Å². The van der Waals surface area contributed by atoms with Crippen molar-refractivity contribution in [3.8, 4) is 68.5 Å². The topological polar surface area (TPSA) is 492 Å². The number of carbonyl (C=O) groups is 8. The summed E-state index contributed by atoms with van der Waals surface area (Å²) < 4.78 is 29.1. The highest BCUT2D eigenvalue weighted by molar-refractivity contribution is 6.06. The predicted octanol–water partition coefficient (Wildman–Crippen LogP) is 15.3. The Kier molecular flexibility index (Phi) is 32.0. The third-order valence-corrected chi connectivity index (χ3v) is 19.6. The number of nitrogens with one attached hydrogen (secondary N) is 12. The van der Waals surface area contributed by atoms with E-state index in [1.807, 2.05) is 107 Å². The third kappa shape index (κ3) is 25.3. The lowest BCUT2D eigenvalue weighted by Gasteiger charge is -2.26. The highest BCUT2D eigenvalue weighted by Gasteiger charge is 2.28. The minimum absolute atomic E-state index is 0.0271. The standard InChI is InChI=1S/C23H27N7O3.C23H29N7O3.C22H25N7O3.C22H27N7O3/c1-4-19(31)16-12-24-20(28-23(32)26-14-7-5-8-14)11-18(16)27-17-10-6-9-15(21(17)33-3)22-25-13-30(2)29-22;1-7-18(31)15-12-24-19(27-22(32)28-23(2,3)4)11-17(15)26-16-10-8-9-14(20(16)33-6)21-25-13-30(5)29-21;1-4-18(30)15-11-23-19(27-22(31)25-13-8-9-13)10-17(15)26-16-7-5-6-14(20(16)32-3)21-24-12-29(2)28-21;1-6-18(30)15-11-23-19(27-22(31)25-13(2)3)10-17(15)26-16-9-7-8-14(20(16)32-5)21-24-12-29(4)28-21/h6,9-14H,4-5,7-8H2,1-3H3,(H3,24,26,27,28,32);8-13H,7H2,1-6H3,(H3,24,26,27,28,32);5-7,10-13H,4,8-9H2,1-3H3,(H3,23,25,26,27,31);7-13H,6H2,1-5H3,(H3,23,25,26,27,31). The summed E-state index contributed by atoms with van der Waals surface area (Å²) >= 11 is 0. The summed E-state index contributed by atoms with van der Waals surface area (Å²) in [6.45, 7) is 16.5. The number of ether oxygens (including phenoxy) is 4. The first-order valence-electron chi connectivity index (χ1n) is 42.0. The van der Waals surface area contributed by atoms with E-state index in [2.05, 4.69) is 124 Å². The molecular weight excluding hydrogens is 1670 g/mol. The van der Waals surface area contributed by atoms with Gasteiger partial charge in [0.05, 0.1) is 118 Å². The third-order valence-electron chi connectivity index (χ3n) is 19.6. The number of anilines is 12. The Hall–Kier alpha value is -15.8. The maximum Gasteiger partial charge on any atom is 0.320 e. The second-order valence-electron chi connectivity index (χ2n) is 31.3. The summed E-state index contributed by atoms with van der Waals surface area (Å²) in [6, 6.07) is 27.7. The van der Waals surface area contributed by atoms with Crippen molar-refractivity contribution >= 4 is 116 Å². The normalized spacial score (nSPS) is 12.0. The maximum absolute atomic E-state index is 12.6. The van der Waals surface area contributed by atoms with Crippen LogP contribution in [0.1, 0.15) is 162 Å². The molecule has 14 rings (SSSR count). The van der Waals surface area contributed by atoms with E-state index in [0.29, 0.717) is 185 Å². The Morgan fingerprint density at radius 1 is 0.369 bits per heavy atom. The molecule has 0 spiro atoms. The molecule has 40 nitrogen and oxygen atoms in total. The van der Waals surface area contributed by atoms with Crippen molar-refractivity contribution in [2.24, 2.45) is 28.2 Å². The Labute approximate surface area is 750 Å². The minimum Gasteiger partial charge on any atom is -0.494 e.